The van der Waals surface area contributed by atoms with Gasteiger partial charge in [0.2, 0.25) is 0 Å². The summed E-state index contributed by atoms with van der Waals surface area (Å²) in [6.07, 6.45) is 6.61. The van der Waals surface area contributed by atoms with Gasteiger partial charge in [-0.05, 0) is 67.6 Å². The number of ether oxygens (including phenoxy) is 3. The number of hydrogen-bond acceptors (Lipinski definition) is 10. The smallest absolute Gasteiger partial charge is 0.329 e. The molecular weight excluding hydrogens is 578 g/mol. The highest BCUT2D eigenvalue weighted by atomic mass is 16.5. The van der Waals surface area contributed by atoms with E-state index in [9.17, 15) is 9.59 Å². The van der Waals surface area contributed by atoms with Gasteiger partial charge in [-0.1, -0.05) is 18.2 Å². The number of anilines is 1. The van der Waals surface area contributed by atoms with Crippen LogP contribution in [0.1, 0.15) is 47.4 Å². The van der Waals surface area contributed by atoms with Crippen molar-refractivity contribution in [1.29, 1.82) is 0 Å². The quantitative estimate of drug-likeness (QED) is 0.123. The van der Waals surface area contributed by atoms with Crippen molar-refractivity contribution in [3.63, 3.8) is 0 Å². The fourth-order valence-electron chi connectivity index (χ4n) is 4.34. The molecule has 0 bridgehead atoms. The van der Waals surface area contributed by atoms with Crippen molar-refractivity contribution in [3.05, 3.63) is 84.1 Å². The zero-order valence-electron chi connectivity index (χ0n) is 25.4. The predicted octanol–water partition coefficient (Wildman–Crippen LogP) is 3.87. The minimum absolute atomic E-state index is 0.176. The van der Waals surface area contributed by atoms with Crippen LogP contribution in [0.15, 0.2) is 67.1 Å². The van der Waals surface area contributed by atoms with Crippen molar-refractivity contribution in [2.45, 2.75) is 38.8 Å². The van der Waals surface area contributed by atoms with Gasteiger partial charge in [-0.2, -0.15) is 0 Å². The Hall–Kier alpha value is -4.88. The second-order valence-electron chi connectivity index (χ2n) is 10.2. The molecule has 0 unspecified atom stereocenters. The second-order valence-corrected chi connectivity index (χ2v) is 10.2. The van der Waals surface area contributed by atoms with Gasteiger partial charge >= 0.3 is 5.97 Å². The van der Waals surface area contributed by atoms with Crippen LogP contribution in [0.2, 0.25) is 0 Å². The number of carboxylic acid groups (broad SMARTS) is 1. The van der Waals surface area contributed by atoms with E-state index in [4.69, 9.17) is 19.3 Å². The fraction of sp³-hybridized carbons (Fsp3) is 0.375. The van der Waals surface area contributed by atoms with Crippen LogP contribution in [-0.4, -0.2) is 74.7 Å². The van der Waals surface area contributed by atoms with Crippen molar-refractivity contribution in [1.82, 2.24) is 30.0 Å². The molecule has 2 aromatic heterocycles. The maximum atomic E-state index is 12.9. The summed E-state index contributed by atoms with van der Waals surface area (Å²) in [5.74, 6) is 0.995. The van der Waals surface area contributed by atoms with Crippen LogP contribution in [0, 0.1) is 0 Å². The monoisotopic (exact) mass is 617 g/mol. The number of nitrogens with zero attached hydrogens (tertiary/aromatic N) is 5. The van der Waals surface area contributed by atoms with E-state index in [1.807, 2.05) is 48.0 Å². The standard InChI is InChI=1S/C32H39N7O6/c1-39-29(37-38-31(39)28-12-13-33-23-36-28)21-34-26-10-6-9-25(19-26)32(42)35-20-24-8-5-11-27(18-24)45-17-4-2-3-14-43-15-7-16-44-22-30(40)41/h5-6,8-13,18-19,23,34H,2-4,7,14-17,20-22H2,1H3,(H,35,42)(H,40,41). The summed E-state index contributed by atoms with van der Waals surface area (Å²) in [4.78, 5) is 31.5. The van der Waals surface area contributed by atoms with E-state index in [1.165, 1.54) is 6.33 Å². The number of nitrogens with one attached hydrogen (secondary N) is 2. The number of unbranched alkanes of at least 4 members (excludes halogenated alkanes) is 2. The van der Waals surface area contributed by atoms with Crippen LogP contribution in [0.4, 0.5) is 5.69 Å². The Bertz CT molecular complexity index is 1500. The topological polar surface area (TPSA) is 163 Å². The molecule has 3 N–H and O–H groups in total. The predicted molar refractivity (Wildman–Crippen MR) is 167 cm³/mol. The molecule has 0 aliphatic rings. The molecule has 0 fully saturated rings. The molecule has 0 aliphatic carbocycles. The van der Waals surface area contributed by atoms with E-state index in [-0.39, 0.29) is 12.5 Å². The number of amides is 1. The Morgan fingerprint density at radius 3 is 2.56 bits per heavy atom. The molecule has 13 heteroatoms. The lowest BCUT2D eigenvalue weighted by Gasteiger charge is -2.11. The summed E-state index contributed by atoms with van der Waals surface area (Å²) >= 11 is 0. The molecule has 1 amide bonds. The number of rotatable bonds is 20. The third-order valence-corrected chi connectivity index (χ3v) is 6.71. The molecular formula is C32H39N7O6. The molecule has 0 spiro atoms. The van der Waals surface area contributed by atoms with E-state index < -0.39 is 5.97 Å². The molecule has 0 saturated carbocycles. The van der Waals surface area contributed by atoms with Crippen LogP contribution in [0.5, 0.6) is 5.75 Å². The molecule has 4 rings (SSSR count). The summed E-state index contributed by atoms with van der Waals surface area (Å²) in [5.41, 5.74) is 2.97. The minimum atomic E-state index is -0.963. The summed E-state index contributed by atoms with van der Waals surface area (Å²) < 4.78 is 18.3. The molecule has 4 aromatic rings. The van der Waals surface area contributed by atoms with Gasteiger partial charge in [0.15, 0.2) is 11.6 Å². The zero-order valence-corrected chi connectivity index (χ0v) is 25.4. The average molecular weight is 618 g/mol. The Morgan fingerprint density at radius 1 is 0.889 bits per heavy atom. The van der Waals surface area contributed by atoms with Gasteiger partial charge in [-0.25, -0.2) is 14.8 Å². The largest absolute Gasteiger partial charge is 0.494 e. The molecule has 0 saturated heterocycles. The van der Waals surface area contributed by atoms with Crippen molar-refractivity contribution in [2.75, 3.05) is 38.4 Å². The van der Waals surface area contributed by atoms with Crippen molar-refractivity contribution in [2.24, 2.45) is 7.05 Å². The van der Waals surface area contributed by atoms with Crippen LogP contribution in [0.3, 0.4) is 0 Å². The number of hydrogen-bond donors (Lipinski definition) is 3. The molecule has 0 atom stereocenters. The SMILES string of the molecule is Cn1c(CNc2cccc(C(=O)NCc3cccc(OCCCCCOCCCOCC(=O)O)c3)c2)nnc1-c1ccncn1. The van der Waals surface area contributed by atoms with E-state index in [0.29, 0.717) is 63.0 Å². The van der Waals surface area contributed by atoms with Crippen LogP contribution < -0.4 is 15.4 Å². The number of aliphatic carboxylic acids is 1. The van der Waals surface area contributed by atoms with Crippen LogP contribution in [-0.2, 0) is 34.4 Å². The third kappa shape index (κ3) is 11.3. The normalized spacial score (nSPS) is 10.9. The Labute approximate surface area is 262 Å². The number of benzene rings is 2. The van der Waals surface area contributed by atoms with E-state index in [2.05, 4.69) is 30.8 Å². The van der Waals surface area contributed by atoms with Gasteiger partial charge in [-0.3, -0.25) is 4.79 Å². The van der Waals surface area contributed by atoms with E-state index >= 15 is 0 Å². The molecule has 238 valence electrons. The Kier molecular flexibility index (Phi) is 13.2. The summed E-state index contributed by atoms with van der Waals surface area (Å²) in [6.45, 7) is 2.71. The highest BCUT2D eigenvalue weighted by Crippen LogP contribution is 2.17. The Balaban J connectivity index is 1.13. The van der Waals surface area contributed by atoms with Gasteiger partial charge in [0.05, 0.1) is 13.2 Å². The van der Waals surface area contributed by atoms with Gasteiger partial charge in [0, 0.05) is 50.9 Å². The first-order valence-corrected chi connectivity index (χ1v) is 14.9. The summed E-state index contributed by atoms with van der Waals surface area (Å²) in [7, 11) is 1.88. The fourth-order valence-corrected chi connectivity index (χ4v) is 4.34. The van der Waals surface area contributed by atoms with Crippen molar-refractivity contribution < 1.29 is 28.9 Å². The second kappa shape index (κ2) is 18.0. The molecule has 0 radical (unpaired) electrons. The van der Waals surface area contributed by atoms with Crippen LogP contribution in [0.25, 0.3) is 11.5 Å². The lowest BCUT2D eigenvalue weighted by Crippen LogP contribution is -2.22. The highest BCUT2D eigenvalue weighted by molar-refractivity contribution is 5.95. The van der Waals surface area contributed by atoms with E-state index in [0.717, 1.165) is 42.1 Å². The first-order valence-electron chi connectivity index (χ1n) is 14.9. The summed E-state index contributed by atoms with van der Waals surface area (Å²) in [5, 5.41) is 23.3. The van der Waals surface area contributed by atoms with Gasteiger partial charge in [-0.15, -0.1) is 10.2 Å². The van der Waals surface area contributed by atoms with Crippen molar-refractivity contribution in [3.8, 4) is 17.3 Å². The third-order valence-electron chi connectivity index (χ3n) is 6.71. The summed E-state index contributed by atoms with van der Waals surface area (Å²) in [6, 6.07) is 16.8. The molecule has 2 heterocycles. The maximum Gasteiger partial charge on any atom is 0.329 e. The highest BCUT2D eigenvalue weighted by Gasteiger charge is 2.12. The lowest BCUT2D eigenvalue weighted by molar-refractivity contribution is -0.142. The lowest BCUT2D eigenvalue weighted by atomic mass is 10.1. The first kappa shape index (κ1) is 33.0. The molecule has 2 aromatic carbocycles. The molecule has 45 heavy (non-hydrogen) atoms. The van der Waals surface area contributed by atoms with Crippen LogP contribution >= 0.6 is 0 Å². The number of carbonyl (C=O) groups excluding carboxylic acids is 1. The molecule has 13 nitrogen and oxygen atoms in total. The minimum Gasteiger partial charge on any atom is -0.494 e. The number of carbonyl (C=O) groups is 2. The van der Waals surface area contributed by atoms with Gasteiger partial charge < -0.3 is 34.5 Å². The Morgan fingerprint density at radius 2 is 1.71 bits per heavy atom. The maximum absolute atomic E-state index is 12.9. The first-order chi connectivity index (χ1) is 22.0. The zero-order chi connectivity index (χ0) is 31.7. The number of carboxylic acids is 1. The van der Waals surface area contributed by atoms with Crippen molar-refractivity contribution >= 4 is 17.6 Å². The molecule has 0 aliphatic heterocycles. The van der Waals surface area contributed by atoms with Gasteiger partial charge in [0.25, 0.3) is 5.91 Å². The van der Waals surface area contributed by atoms with E-state index in [1.54, 1.807) is 24.4 Å². The van der Waals surface area contributed by atoms with Gasteiger partial charge in [0.1, 0.15) is 24.4 Å². The number of aromatic nitrogens is 5. The average Bonchev–Trinajstić information content (AvgIpc) is 3.43.